The molecule has 5 rings (SSSR count). The molecule has 0 radical (unpaired) electrons. The summed E-state index contributed by atoms with van der Waals surface area (Å²) in [5.74, 6) is 6.11. The first-order valence-corrected chi connectivity index (χ1v) is 13.5. The fourth-order valence-electron chi connectivity index (χ4n) is 5.14. The van der Waals surface area contributed by atoms with Gasteiger partial charge < -0.3 is 15.0 Å². The average molecular weight is 569 g/mol. The molecule has 12 heteroatoms. The smallest absolute Gasteiger partial charge is 0.417 e. The molecule has 216 valence electrons. The number of rotatable bonds is 4. The number of nitriles is 1. The molecule has 1 aromatic carbocycles. The van der Waals surface area contributed by atoms with Crippen molar-refractivity contribution in [2.45, 2.75) is 63.4 Å². The molecule has 1 aliphatic carbocycles. The molecule has 3 fully saturated rings. The van der Waals surface area contributed by atoms with Gasteiger partial charge in [0.1, 0.15) is 11.1 Å². The van der Waals surface area contributed by atoms with Gasteiger partial charge >= 0.3 is 12.3 Å². The van der Waals surface area contributed by atoms with E-state index in [2.05, 4.69) is 27.2 Å². The molecule has 0 bridgehead atoms. The third kappa shape index (κ3) is 5.89. The molecule has 1 N–H and O–H groups in total. The van der Waals surface area contributed by atoms with Crippen LogP contribution in [0, 0.1) is 29.1 Å². The molecule has 0 atom stereocenters. The van der Waals surface area contributed by atoms with E-state index in [0.717, 1.165) is 31.6 Å². The summed E-state index contributed by atoms with van der Waals surface area (Å²) in [7, 11) is 0. The van der Waals surface area contributed by atoms with Crippen LogP contribution >= 0.6 is 0 Å². The highest BCUT2D eigenvalue weighted by Crippen LogP contribution is 2.40. The minimum Gasteiger partial charge on any atom is -0.444 e. The summed E-state index contributed by atoms with van der Waals surface area (Å²) in [6, 6.07) is 4.97. The van der Waals surface area contributed by atoms with E-state index in [1.54, 1.807) is 22.0 Å². The molecule has 2 aromatic rings. The van der Waals surface area contributed by atoms with E-state index in [-0.39, 0.29) is 17.7 Å². The Morgan fingerprint density at radius 3 is 2.44 bits per heavy atom. The monoisotopic (exact) mass is 568 g/mol. The zero-order valence-corrected chi connectivity index (χ0v) is 23.1. The number of amides is 2. The van der Waals surface area contributed by atoms with Crippen molar-refractivity contribution in [1.29, 1.82) is 5.26 Å². The van der Waals surface area contributed by atoms with Gasteiger partial charge in [0, 0.05) is 50.0 Å². The minimum atomic E-state index is -4.72. The maximum absolute atomic E-state index is 13.4. The van der Waals surface area contributed by atoms with Crippen LogP contribution in [-0.2, 0) is 21.2 Å². The normalized spacial score (nSPS) is 19.1. The number of likely N-dealkylation sites (tertiary alicyclic amines) is 2. The van der Waals surface area contributed by atoms with Crippen molar-refractivity contribution < 1.29 is 27.5 Å². The van der Waals surface area contributed by atoms with Crippen molar-refractivity contribution >= 4 is 17.7 Å². The summed E-state index contributed by atoms with van der Waals surface area (Å²) in [6.07, 6.45) is 0.0518. The molecule has 2 amide bonds. The van der Waals surface area contributed by atoms with E-state index in [1.807, 2.05) is 20.8 Å². The van der Waals surface area contributed by atoms with Crippen molar-refractivity contribution in [1.82, 2.24) is 19.6 Å². The van der Waals surface area contributed by atoms with Gasteiger partial charge in [0.2, 0.25) is 0 Å². The first-order valence-electron chi connectivity index (χ1n) is 13.5. The number of hydrogen-bond acceptors (Lipinski definition) is 6. The highest BCUT2D eigenvalue weighted by Gasteiger charge is 2.47. The lowest BCUT2D eigenvalue weighted by Gasteiger charge is -2.50. The number of anilines is 1. The van der Waals surface area contributed by atoms with Crippen molar-refractivity contribution in [3.8, 4) is 17.9 Å². The van der Waals surface area contributed by atoms with Crippen LogP contribution in [0.1, 0.15) is 56.7 Å². The zero-order chi connectivity index (χ0) is 29.6. The van der Waals surface area contributed by atoms with Crippen LogP contribution in [0.25, 0.3) is 0 Å². The third-order valence-electron chi connectivity index (χ3n) is 7.69. The number of ether oxygens (including phenoxy) is 1. The lowest BCUT2D eigenvalue weighted by atomic mass is 9.76. The highest BCUT2D eigenvalue weighted by atomic mass is 19.4. The van der Waals surface area contributed by atoms with Gasteiger partial charge in [-0.15, -0.1) is 0 Å². The number of nitrogens with zero attached hydrogens (tertiary/aromatic N) is 5. The molecule has 9 nitrogen and oxygen atoms in total. The van der Waals surface area contributed by atoms with Crippen LogP contribution in [0.5, 0.6) is 0 Å². The van der Waals surface area contributed by atoms with Crippen LogP contribution in [0.15, 0.2) is 30.6 Å². The van der Waals surface area contributed by atoms with Gasteiger partial charge in [-0.05, 0) is 58.2 Å². The molecule has 41 heavy (non-hydrogen) atoms. The molecule has 2 saturated heterocycles. The summed E-state index contributed by atoms with van der Waals surface area (Å²) in [6.45, 7) is 8.45. The largest absolute Gasteiger partial charge is 0.444 e. The van der Waals surface area contributed by atoms with Gasteiger partial charge in [0.25, 0.3) is 5.91 Å². The third-order valence-corrected chi connectivity index (χ3v) is 7.69. The van der Waals surface area contributed by atoms with E-state index in [9.17, 15) is 22.8 Å². The number of carbonyl (C=O) groups is 2. The number of alkyl halides is 3. The fourth-order valence-corrected chi connectivity index (χ4v) is 5.14. The summed E-state index contributed by atoms with van der Waals surface area (Å²) in [4.78, 5) is 29.4. The van der Waals surface area contributed by atoms with E-state index in [1.165, 1.54) is 12.1 Å². The van der Waals surface area contributed by atoms with Crippen LogP contribution < -0.4 is 5.32 Å². The van der Waals surface area contributed by atoms with Crippen LogP contribution in [-0.4, -0.2) is 69.4 Å². The number of halogens is 3. The van der Waals surface area contributed by atoms with E-state index in [0.29, 0.717) is 37.5 Å². The van der Waals surface area contributed by atoms with E-state index >= 15 is 0 Å². The Bertz CT molecular complexity index is 1440. The quantitative estimate of drug-likeness (QED) is 0.555. The molecular formula is C29H31F3N6O3. The number of aromatic nitrogens is 2. The van der Waals surface area contributed by atoms with Crippen molar-refractivity contribution in [3.05, 3.63) is 47.3 Å². The molecule has 0 unspecified atom stereocenters. The minimum absolute atomic E-state index is 0.0324. The second-order valence-electron chi connectivity index (χ2n) is 11.8. The van der Waals surface area contributed by atoms with Crippen LogP contribution in [0.3, 0.4) is 0 Å². The number of nitrogens with one attached hydrogen (secondary N) is 1. The standard InChI is InChI=1S/C29H31F3N6O3/c1-27(2,3)41-26(40)37-17-23(18-37)36-14-20(15-36)6-5-19-13-34-38(16-19)28(9-4-10-28)25(39)35-22-8-7-21(12-33)24(11-22)29(30,31)32/h7-8,11,13,16,20,23H,4,9-10,14-15,17-18H2,1-3H3,(H,35,39). The topological polar surface area (TPSA) is 103 Å². The van der Waals surface area contributed by atoms with Crippen molar-refractivity contribution in [2.75, 3.05) is 31.5 Å². The molecule has 3 heterocycles. The van der Waals surface area contributed by atoms with E-state index < -0.39 is 34.4 Å². The average Bonchev–Trinajstić information content (AvgIpc) is 3.25. The lowest BCUT2D eigenvalue weighted by molar-refractivity contribution is -0.137. The Morgan fingerprint density at radius 1 is 1.15 bits per heavy atom. The summed E-state index contributed by atoms with van der Waals surface area (Å²) in [5, 5.41) is 16.0. The Kier molecular flexibility index (Phi) is 7.24. The Labute approximate surface area is 236 Å². The maximum Gasteiger partial charge on any atom is 0.417 e. The number of hydrogen-bond donors (Lipinski definition) is 1. The van der Waals surface area contributed by atoms with Gasteiger partial charge in [-0.25, -0.2) is 4.79 Å². The number of carbonyl (C=O) groups excluding carboxylic acids is 2. The summed E-state index contributed by atoms with van der Waals surface area (Å²) < 4.78 is 47.0. The van der Waals surface area contributed by atoms with Gasteiger partial charge in [0.05, 0.1) is 29.0 Å². The summed E-state index contributed by atoms with van der Waals surface area (Å²) >= 11 is 0. The molecule has 1 saturated carbocycles. The van der Waals surface area contributed by atoms with Crippen LogP contribution in [0.2, 0.25) is 0 Å². The Morgan fingerprint density at radius 2 is 1.85 bits per heavy atom. The van der Waals surface area contributed by atoms with Crippen molar-refractivity contribution in [3.63, 3.8) is 0 Å². The predicted octanol–water partition coefficient (Wildman–Crippen LogP) is 4.19. The summed E-state index contributed by atoms with van der Waals surface area (Å²) in [5.41, 5.74) is -2.50. The number of benzene rings is 1. The van der Waals surface area contributed by atoms with E-state index in [4.69, 9.17) is 10.00 Å². The van der Waals surface area contributed by atoms with Crippen molar-refractivity contribution in [2.24, 2.45) is 5.92 Å². The second-order valence-corrected chi connectivity index (χ2v) is 11.8. The van der Waals surface area contributed by atoms with Gasteiger partial charge in [-0.3, -0.25) is 14.4 Å². The SMILES string of the molecule is CC(C)(C)OC(=O)N1CC(N2CC(C#Cc3cnn(C4(C(=O)Nc5ccc(C#N)c(C(F)(F)F)c5)CCC4)c3)C2)C1. The molecule has 3 aliphatic rings. The molecule has 0 spiro atoms. The van der Waals surface area contributed by atoms with Crippen LogP contribution in [0.4, 0.5) is 23.7 Å². The molecular weight excluding hydrogens is 537 g/mol. The molecule has 1 aromatic heterocycles. The Balaban J connectivity index is 1.16. The Hall–Kier alpha value is -4.03. The highest BCUT2D eigenvalue weighted by molar-refractivity contribution is 5.97. The molecule has 2 aliphatic heterocycles. The zero-order valence-electron chi connectivity index (χ0n) is 23.1. The predicted molar refractivity (Wildman–Crippen MR) is 142 cm³/mol. The van der Waals surface area contributed by atoms with Gasteiger partial charge in [0.15, 0.2) is 0 Å². The van der Waals surface area contributed by atoms with Gasteiger partial charge in [-0.2, -0.15) is 23.5 Å². The second kappa shape index (κ2) is 10.4. The first-order chi connectivity index (χ1) is 19.3. The lowest BCUT2D eigenvalue weighted by Crippen LogP contribution is -2.66. The van der Waals surface area contributed by atoms with Gasteiger partial charge in [-0.1, -0.05) is 11.8 Å². The maximum atomic E-state index is 13.4. The fraction of sp³-hybridized carbons (Fsp3) is 0.517. The first kappa shape index (κ1) is 28.5.